The zero-order valence-electron chi connectivity index (χ0n) is 18.6. The van der Waals surface area contributed by atoms with Gasteiger partial charge in [0.15, 0.2) is 0 Å². The molecule has 34 heavy (non-hydrogen) atoms. The lowest BCUT2D eigenvalue weighted by Crippen LogP contribution is -2.51. The van der Waals surface area contributed by atoms with Crippen LogP contribution in [0.1, 0.15) is 16.7 Å². The highest BCUT2D eigenvalue weighted by molar-refractivity contribution is 5.15. The molecule has 0 aromatic heterocycles. The fourth-order valence-corrected chi connectivity index (χ4v) is 3.91. The molecule has 3 aromatic carbocycles. The normalized spacial score (nSPS) is 24.5. The summed E-state index contributed by atoms with van der Waals surface area (Å²) < 4.78 is 51.2. The van der Waals surface area contributed by atoms with Crippen LogP contribution in [0.25, 0.3) is 0 Å². The van der Waals surface area contributed by atoms with Gasteiger partial charge in [0.05, 0.1) is 26.4 Å². The lowest BCUT2D eigenvalue weighted by atomic mass is 10.0. The van der Waals surface area contributed by atoms with Gasteiger partial charge >= 0.3 is 0 Å². The number of ether oxygens (including phenoxy) is 4. The van der Waals surface area contributed by atoms with E-state index in [0.717, 1.165) is 16.7 Å². The van der Waals surface area contributed by atoms with Crippen molar-refractivity contribution in [3.05, 3.63) is 108 Å². The average molecular weight is 471 g/mol. The van der Waals surface area contributed by atoms with Crippen molar-refractivity contribution >= 4 is 0 Å². The Morgan fingerprint density at radius 2 is 1.21 bits per heavy atom. The van der Waals surface area contributed by atoms with Crippen molar-refractivity contribution in [1.29, 1.82) is 0 Å². The van der Waals surface area contributed by atoms with Crippen LogP contribution < -0.4 is 0 Å². The minimum Gasteiger partial charge on any atom is -0.374 e. The fraction of sp³-hybridized carbons (Fsp3) is 0.333. The molecule has 1 N–H and O–H groups in total. The Balaban J connectivity index is 1.50. The van der Waals surface area contributed by atoms with Crippen LogP contribution in [0.4, 0.5) is 8.78 Å². The van der Waals surface area contributed by atoms with Crippen LogP contribution in [0.5, 0.6) is 0 Å². The number of halogens is 2. The second kappa shape index (κ2) is 11.6. The largest absolute Gasteiger partial charge is 0.374 e. The van der Waals surface area contributed by atoms with Crippen molar-refractivity contribution in [3.63, 3.8) is 0 Å². The third-order valence-electron chi connectivity index (χ3n) is 5.68. The number of benzene rings is 3. The summed E-state index contributed by atoms with van der Waals surface area (Å²) in [5.74, 6) is -2.82. The molecule has 180 valence electrons. The van der Waals surface area contributed by atoms with Crippen LogP contribution in [0.3, 0.4) is 0 Å². The van der Waals surface area contributed by atoms with Crippen LogP contribution in [0.2, 0.25) is 0 Å². The molecule has 0 amide bonds. The predicted molar refractivity (Wildman–Crippen MR) is 122 cm³/mol. The summed E-state index contributed by atoms with van der Waals surface area (Å²) in [6.07, 6.45) is -6.54. The molecule has 0 aliphatic carbocycles. The molecule has 0 bridgehead atoms. The molecule has 0 radical (unpaired) electrons. The molecule has 1 aliphatic heterocycles. The zero-order valence-corrected chi connectivity index (χ0v) is 18.6. The van der Waals surface area contributed by atoms with E-state index in [1.807, 2.05) is 91.0 Å². The molecular weight excluding hydrogens is 442 g/mol. The third kappa shape index (κ3) is 6.05. The minimum atomic E-state index is -3.20. The predicted octanol–water partition coefficient (Wildman–Crippen LogP) is 4.73. The Morgan fingerprint density at radius 3 is 1.71 bits per heavy atom. The van der Waals surface area contributed by atoms with Gasteiger partial charge in [0.1, 0.15) is 18.3 Å². The van der Waals surface area contributed by atoms with Crippen LogP contribution in [-0.4, -0.2) is 42.2 Å². The average Bonchev–Trinajstić information content (AvgIpc) is 3.15. The molecule has 1 aliphatic rings. The van der Waals surface area contributed by atoms with E-state index >= 15 is 0 Å². The van der Waals surface area contributed by atoms with Gasteiger partial charge in [0.2, 0.25) is 0 Å². The molecule has 5 nitrogen and oxygen atoms in total. The van der Waals surface area contributed by atoms with E-state index in [4.69, 9.17) is 18.9 Å². The maximum atomic E-state index is 14.0. The van der Waals surface area contributed by atoms with Crippen molar-refractivity contribution in [1.82, 2.24) is 0 Å². The fourth-order valence-electron chi connectivity index (χ4n) is 3.91. The van der Waals surface area contributed by atoms with Crippen LogP contribution in [0.15, 0.2) is 91.0 Å². The van der Waals surface area contributed by atoms with E-state index < -0.39 is 30.5 Å². The Morgan fingerprint density at radius 1 is 0.735 bits per heavy atom. The Kier molecular flexibility index (Phi) is 8.37. The van der Waals surface area contributed by atoms with Gasteiger partial charge in [-0.05, 0) is 16.7 Å². The van der Waals surface area contributed by atoms with Crippen LogP contribution >= 0.6 is 0 Å². The highest BCUT2D eigenvalue weighted by Crippen LogP contribution is 2.39. The molecule has 7 heteroatoms. The van der Waals surface area contributed by atoms with Crippen LogP contribution in [-0.2, 0) is 38.8 Å². The maximum Gasteiger partial charge on any atom is 0.294 e. The van der Waals surface area contributed by atoms with Crippen molar-refractivity contribution in [2.24, 2.45) is 0 Å². The topological polar surface area (TPSA) is 57.2 Å². The molecule has 0 spiro atoms. The third-order valence-corrected chi connectivity index (χ3v) is 5.68. The molecule has 0 saturated carbocycles. The SMILES string of the molecule is OC1(C(F)F)O[C@H](COCc2ccccc2)[C@@H](OCc2ccccc2)[C@@H]1OCc1ccccc1. The van der Waals surface area contributed by atoms with Crippen molar-refractivity contribution < 1.29 is 32.8 Å². The number of aliphatic hydroxyl groups is 1. The standard InChI is InChI=1S/C27H28F2O5/c28-26(29)27(30)25(33-18-22-14-8-3-9-15-22)24(32-17-21-12-6-2-7-13-21)23(34-27)19-31-16-20-10-4-1-5-11-20/h1-15,23-26,30H,16-19H2/t23-,24-,25+,27?/m1/s1. The van der Waals surface area contributed by atoms with E-state index in [-0.39, 0.29) is 26.4 Å². The molecule has 1 unspecified atom stereocenters. The first kappa shape index (κ1) is 24.4. The van der Waals surface area contributed by atoms with Gasteiger partial charge in [-0.3, -0.25) is 0 Å². The molecule has 1 saturated heterocycles. The summed E-state index contributed by atoms with van der Waals surface area (Å²) in [5.41, 5.74) is 2.58. The Bertz CT molecular complexity index is 990. The first-order chi connectivity index (χ1) is 16.6. The molecule has 1 heterocycles. The van der Waals surface area contributed by atoms with Crippen molar-refractivity contribution in [3.8, 4) is 0 Å². The Hall–Kier alpha value is -2.68. The number of rotatable bonds is 11. The minimum absolute atomic E-state index is 0.0205. The lowest BCUT2D eigenvalue weighted by Gasteiger charge is -2.29. The molecule has 4 atom stereocenters. The lowest BCUT2D eigenvalue weighted by molar-refractivity contribution is -0.298. The second-order valence-electron chi connectivity index (χ2n) is 8.19. The molecule has 3 aromatic rings. The van der Waals surface area contributed by atoms with Gasteiger partial charge in [0, 0.05) is 0 Å². The van der Waals surface area contributed by atoms with Crippen LogP contribution in [0, 0.1) is 0 Å². The molecular formula is C27H28F2O5. The number of hydrogen-bond donors (Lipinski definition) is 1. The van der Waals surface area contributed by atoms with Crippen molar-refractivity contribution in [2.45, 2.75) is 50.3 Å². The monoisotopic (exact) mass is 470 g/mol. The summed E-state index contributed by atoms with van der Waals surface area (Å²) in [6.45, 7) is 0.393. The summed E-state index contributed by atoms with van der Waals surface area (Å²) in [5, 5.41) is 10.8. The Labute approximate surface area is 197 Å². The van der Waals surface area contributed by atoms with Crippen molar-refractivity contribution in [2.75, 3.05) is 6.61 Å². The number of alkyl halides is 2. The van der Waals surface area contributed by atoms with E-state index in [2.05, 4.69) is 0 Å². The van der Waals surface area contributed by atoms with Gasteiger partial charge < -0.3 is 24.1 Å². The zero-order chi connectivity index (χ0) is 23.8. The van der Waals surface area contributed by atoms with Gasteiger partial charge in [0.25, 0.3) is 12.2 Å². The van der Waals surface area contributed by atoms with Gasteiger partial charge in [-0.15, -0.1) is 0 Å². The first-order valence-electron chi connectivity index (χ1n) is 11.2. The van der Waals surface area contributed by atoms with Gasteiger partial charge in [-0.25, -0.2) is 8.78 Å². The molecule has 1 fully saturated rings. The summed E-state index contributed by atoms with van der Waals surface area (Å²) in [7, 11) is 0. The van der Waals surface area contributed by atoms with E-state index in [1.165, 1.54) is 0 Å². The summed E-state index contributed by atoms with van der Waals surface area (Å²) >= 11 is 0. The van der Waals surface area contributed by atoms with E-state index in [9.17, 15) is 13.9 Å². The van der Waals surface area contributed by atoms with E-state index in [1.54, 1.807) is 0 Å². The second-order valence-corrected chi connectivity index (χ2v) is 8.19. The smallest absolute Gasteiger partial charge is 0.294 e. The summed E-state index contributed by atoms with van der Waals surface area (Å²) in [4.78, 5) is 0. The first-order valence-corrected chi connectivity index (χ1v) is 11.2. The van der Waals surface area contributed by atoms with Gasteiger partial charge in [-0.2, -0.15) is 0 Å². The highest BCUT2D eigenvalue weighted by Gasteiger charge is 2.61. The quantitative estimate of drug-likeness (QED) is 0.439. The summed E-state index contributed by atoms with van der Waals surface area (Å²) in [6, 6.07) is 28.0. The van der Waals surface area contributed by atoms with Gasteiger partial charge in [-0.1, -0.05) is 91.0 Å². The van der Waals surface area contributed by atoms with E-state index in [0.29, 0.717) is 0 Å². The highest BCUT2D eigenvalue weighted by atomic mass is 19.3. The number of hydrogen-bond acceptors (Lipinski definition) is 5. The maximum absolute atomic E-state index is 14.0. The molecule has 4 rings (SSSR count).